The Morgan fingerprint density at radius 2 is 1.91 bits per heavy atom. The number of hydrogen-bond acceptors (Lipinski definition) is 4. The van der Waals surface area contributed by atoms with E-state index < -0.39 is 10.0 Å². The van der Waals surface area contributed by atoms with Crippen molar-refractivity contribution in [1.29, 1.82) is 0 Å². The number of hydrogen-bond donors (Lipinski definition) is 1. The van der Waals surface area contributed by atoms with Crippen LogP contribution in [0, 0.1) is 5.92 Å². The minimum Gasteiger partial charge on any atom is -0.352 e. The maximum absolute atomic E-state index is 13.4. The van der Waals surface area contributed by atoms with E-state index in [1.165, 1.54) is 36.3 Å². The van der Waals surface area contributed by atoms with Gasteiger partial charge in [-0.15, -0.1) is 0 Å². The van der Waals surface area contributed by atoms with Crippen molar-refractivity contribution in [1.82, 2.24) is 10.2 Å². The zero-order valence-electron chi connectivity index (χ0n) is 19.5. The zero-order valence-corrected chi connectivity index (χ0v) is 20.3. The van der Waals surface area contributed by atoms with Gasteiger partial charge in [0.25, 0.3) is 15.9 Å². The molecule has 7 heteroatoms. The first kappa shape index (κ1) is 23.8. The summed E-state index contributed by atoms with van der Waals surface area (Å²) in [6, 6.07) is 14.0. The summed E-state index contributed by atoms with van der Waals surface area (Å²) in [6.45, 7) is 6.79. The van der Waals surface area contributed by atoms with E-state index in [-0.39, 0.29) is 10.8 Å². The number of carbonyl (C=O) groups is 1. The van der Waals surface area contributed by atoms with E-state index >= 15 is 0 Å². The van der Waals surface area contributed by atoms with Gasteiger partial charge in [-0.25, -0.2) is 8.42 Å². The Hall–Kier alpha value is -2.38. The van der Waals surface area contributed by atoms with Crippen molar-refractivity contribution in [2.45, 2.75) is 50.3 Å². The molecule has 0 bridgehead atoms. The summed E-state index contributed by atoms with van der Waals surface area (Å²) >= 11 is 0. The number of nitrogens with one attached hydrogen (secondary N) is 1. The molecule has 1 unspecified atom stereocenters. The minimum atomic E-state index is -3.73. The molecule has 178 valence electrons. The third-order valence-electron chi connectivity index (χ3n) is 6.68. The molecule has 0 aromatic heterocycles. The van der Waals surface area contributed by atoms with Crippen molar-refractivity contribution in [2.24, 2.45) is 5.92 Å². The Morgan fingerprint density at radius 1 is 1.06 bits per heavy atom. The number of unbranched alkanes of at least 4 members (excludes halogenated alkanes) is 1. The molecule has 2 aromatic carbocycles. The molecular formula is C26H35N3O3S. The van der Waals surface area contributed by atoms with E-state index in [0.29, 0.717) is 18.7 Å². The van der Waals surface area contributed by atoms with Crippen molar-refractivity contribution >= 4 is 21.6 Å². The minimum absolute atomic E-state index is 0.158. The maximum Gasteiger partial charge on any atom is 0.264 e. The van der Waals surface area contributed by atoms with Crippen LogP contribution in [0.25, 0.3) is 0 Å². The average Bonchev–Trinajstić information content (AvgIpc) is 2.83. The molecular weight excluding hydrogens is 434 g/mol. The van der Waals surface area contributed by atoms with Crippen molar-refractivity contribution < 1.29 is 13.2 Å². The van der Waals surface area contributed by atoms with Crippen LogP contribution in [0.5, 0.6) is 0 Å². The molecule has 2 aliphatic heterocycles. The smallest absolute Gasteiger partial charge is 0.264 e. The second-order valence-corrected chi connectivity index (χ2v) is 11.2. The van der Waals surface area contributed by atoms with Crippen molar-refractivity contribution in [3.8, 4) is 0 Å². The SMILES string of the molecule is CC1CCCN(CCCCNC(=O)c2cccc(S(=O)(=O)N3CCCc4ccccc43)c2)C1. The maximum atomic E-state index is 13.4. The summed E-state index contributed by atoms with van der Waals surface area (Å²) in [7, 11) is -3.73. The van der Waals surface area contributed by atoms with Crippen LogP contribution in [-0.4, -0.2) is 51.9 Å². The lowest BCUT2D eigenvalue weighted by atomic mass is 10.0. The van der Waals surface area contributed by atoms with E-state index in [2.05, 4.69) is 17.1 Å². The number of carbonyl (C=O) groups excluding carboxylic acids is 1. The monoisotopic (exact) mass is 469 g/mol. The molecule has 6 nitrogen and oxygen atoms in total. The van der Waals surface area contributed by atoms with E-state index in [0.717, 1.165) is 49.4 Å². The zero-order chi connectivity index (χ0) is 23.3. The molecule has 33 heavy (non-hydrogen) atoms. The third-order valence-corrected chi connectivity index (χ3v) is 8.49. The number of aryl methyl sites for hydroxylation is 1. The number of piperidine rings is 1. The van der Waals surface area contributed by atoms with Gasteiger partial charge in [0, 0.05) is 25.2 Å². The number of sulfonamides is 1. The van der Waals surface area contributed by atoms with Gasteiger partial charge in [0.15, 0.2) is 0 Å². The van der Waals surface area contributed by atoms with E-state index in [1.807, 2.05) is 24.3 Å². The Bertz CT molecular complexity index is 1070. The molecule has 0 saturated carbocycles. The van der Waals surface area contributed by atoms with Crippen LogP contribution in [0.2, 0.25) is 0 Å². The van der Waals surface area contributed by atoms with Gasteiger partial charge in [0.2, 0.25) is 0 Å². The number of rotatable bonds is 8. The number of nitrogens with zero attached hydrogens (tertiary/aromatic N) is 2. The molecule has 2 aliphatic rings. The summed E-state index contributed by atoms with van der Waals surface area (Å²) in [5, 5.41) is 2.95. The van der Waals surface area contributed by atoms with Crippen molar-refractivity contribution in [2.75, 3.05) is 37.0 Å². The lowest BCUT2D eigenvalue weighted by molar-refractivity contribution is 0.0952. The van der Waals surface area contributed by atoms with Crippen molar-refractivity contribution in [3.05, 3.63) is 59.7 Å². The Balaban J connectivity index is 1.34. The molecule has 2 heterocycles. The summed E-state index contributed by atoms with van der Waals surface area (Å²) in [5.41, 5.74) is 2.16. The molecule has 1 atom stereocenters. The first-order chi connectivity index (χ1) is 15.9. The van der Waals surface area contributed by atoms with Crippen LogP contribution >= 0.6 is 0 Å². The molecule has 0 aliphatic carbocycles. The van der Waals surface area contributed by atoms with Gasteiger partial charge in [0.1, 0.15) is 0 Å². The topological polar surface area (TPSA) is 69.7 Å². The molecule has 1 saturated heterocycles. The fourth-order valence-electron chi connectivity index (χ4n) is 4.93. The van der Waals surface area contributed by atoms with Gasteiger partial charge in [-0.1, -0.05) is 31.2 Å². The lowest BCUT2D eigenvalue weighted by Crippen LogP contribution is -2.35. The van der Waals surface area contributed by atoms with Crippen LogP contribution in [0.4, 0.5) is 5.69 Å². The van der Waals surface area contributed by atoms with E-state index in [1.54, 1.807) is 18.2 Å². The summed E-state index contributed by atoms with van der Waals surface area (Å²) < 4.78 is 28.3. The third kappa shape index (κ3) is 5.76. The number of benzene rings is 2. The average molecular weight is 470 g/mol. The molecule has 1 amide bonds. The van der Waals surface area contributed by atoms with Crippen molar-refractivity contribution in [3.63, 3.8) is 0 Å². The number of anilines is 1. The number of likely N-dealkylation sites (tertiary alicyclic amines) is 1. The highest BCUT2D eigenvalue weighted by molar-refractivity contribution is 7.92. The first-order valence-electron chi connectivity index (χ1n) is 12.2. The largest absolute Gasteiger partial charge is 0.352 e. The van der Waals surface area contributed by atoms with Crippen LogP contribution in [-0.2, 0) is 16.4 Å². The molecule has 2 aromatic rings. The van der Waals surface area contributed by atoms with E-state index in [4.69, 9.17) is 0 Å². The van der Waals surface area contributed by atoms with E-state index in [9.17, 15) is 13.2 Å². The summed E-state index contributed by atoms with van der Waals surface area (Å²) in [4.78, 5) is 15.4. The Morgan fingerprint density at radius 3 is 2.76 bits per heavy atom. The second-order valence-electron chi connectivity index (χ2n) is 9.35. The fraction of sp³-hybridized carbons (Fsp3) is 0.500. The van der Waals surface area contributed by atoms with Gasteiger partial charge in [-0.05, 0) is 87.4 Å². The summed E-state index contributed by atoms with van der Waals surface area (Å²) in [5.74, 6) is 0.554. The van der Waals surface area contributed by atoms with Crippen LogP contribution < -0.4 is 9.62 Å². The van der Waals surface area contributed by atoms with Gasteiger partial charge in [-0.3, -0.25) is 9.10 Å². The predicted molar refractivity (Wildman–Crippen MR) is 132 cm³/mol. The van der Waals surface area contributed by atoms with Gasteiger partial charge in [0.05, 0.1) is 10.6 Å². The molecule has 1 fully saturated rings. The standard InChI is InChI=1S/C26H35N3O3S/c1-21-9-7-17-28(20-21)16-5-4-15-27-26(30)23-11-6-13-24(19-23)33(31,32)29-18-8-12-22-10-2-3-14-25(22)29/h2-3,6,10-11,13-14,19,21H,4-5,7-9,12,15-18,20H2,1H3,(H,27,30). The van der Waals surface area contributed by atoms with Crippen LogP contribution in [0.15, 0.2) is 53.4 Å². The molecule has 1 N–H and O–H groups in total. The number of para-hydroxylation sites is 1. The Kier molecular flexibility index (Phi) is 7.71. The van der Waals surface area contributed by atoms with Gasteiger partial charge >= 0.3 is 0 Å². The highest BCUT2D eigenvalue weighted by atomic mass is 32.2. The van der Waals surface area contributed by atoms with Gasteiger partial charge in [-0.2, -0.15) is 0 Å². The van der Waals surface area contributed by atoms with Crippen LogP contribution in [0.1, 0.15) is 54.9 Å². The second kappa shape index (κ2) is 10.7. The highest BCUT2D eigenvalue weighted by Crippen LogP contribution is 2.31. The molecule has 4 rings (SSSR count). The van der Waals surface area contributed by atoms with Crippen LogP contribution in [0.3, 0.4) is 0 Å². The predicted octanol–water partition coefficient (Wildman–Crippen LogP) is 4.07. The summed E-state index contributed by atoms with van der Waals surface area (Å²) in [6.07, 6.45) is 6.23. The lowest BCUT2D eigenvalue weighted by Gasteiger charge is -2.30. The number of fused-ring (bicyclic) bond motifs is 1. The molecule has 0 spiro atoms. The Labute approximate surface area is 198 Å². The normalized spacial score (nSPS) is 19.2. The fourth-order valence-corrected chi connectivity index (χ4v) is 6.52. The number of amides is 1. The quantitative estimate of drug-likeness (QED) is 0.592. The first-order valence-corrected chi connectivity index (χ1v) is 13.6. The highest BCUT2D eigenvalue weighted by Gasteiger charge is 2.29. The van der Waals surface area contributed by atoms with Gasteiger partial charge < -0.3 is 10.2 Å². The molecule has 0 radical (unpaired) electrons.